The van der Waals surface area contributed by atoms with E-state index in [2.05, 4.69) is 41.7 Å². The molecule has 0 radical (unpaired) electrons. The number of amides is 4. The second-order valence-electron chi connectivity index (χ2n) is 10.1. The van der Waals surface area contributed by atoms with Gasteiger partial charge in [0.2, 0.25) is 17.7 Å². The highest BCUT2D eigenvalue weighted by Crippen LogP contribution is 2.46. The van der Waals surface area contributed by atoms with Crippen LogP contribution < -0.4 is 16.0 Å². The minimum atomic E-state index is -0.746. The van der Waals surface area contributed by atoms with Gasteiger partial charge in [0.15, 0.2) is 6.17 Å². The van der Waals surface area contributed by atoms with Crippen molar-refractivity contribution >= 4 is 35.6 Å². The Kier molecular flexibility index (Phi) is 9.45. The third-order valence-corrected chi connectivity index (χ3v) is 9.60. The summed E-state index contributed by atoms with van der Waals surface area (Å²) in [5.74, 6) is -1.21. The van der Waals surface area contributed by atoms with Crippen LogP contribution in [0.1, 0.15) is 47.0 Å². The minimum Gasteiger partial charge on any atom is -0.450 e. The van der Waals surface area contributed by atoms with E-state index in [9.17, 15) is 19.2 Å². The molecule has 7 unspecified atom stereocenters. The van der Waals surface area contributed by atoms with Gasteiger partial charge in [-0.15, -0.1) is 11.8 Å². The summed E-state index contributed by atoms with van der Waals surface area (Å²) in [5.41, 5.74) is 0. The lowest BCUT2D eigenvalue weighted by molar-refractivity contribution is -0.939. The molecule has 3 fully saturated rings. The van der Waals surface area contributed by atoms with Crippen LogP contribution in [0.5, 0.6) is 0 Å². The van der Waals surface area contributed by atoms with E-state index in [1.165, 1.54) is 6.92 Å². The van der Waals surface area contributed by atoms with Crippen molar-refractivity contribution in [3.8, 4) is 0 Å². The molecule has 3 heterocycles. The Bertz CT molecular complexity index is 813. The fourth-order valence-corrected chi connectivity index (χ4v) is 7.58. The SMILES string of the molecule is CCOC(=O)NC(=O)C1C(NC(=O)C2CC[N+](C)(CC)C(NC(C)=O)C2)SC2CN(CC)CCC21. The van der Waals surface area contributed by atoms with Gasteiger partial charge in [0, 0.05) is 31.6 Å². The van der Waals surface area contributed by atoms with Crippen molar-refractivity contribution in [2.45, 2.75) is 63.7 Å². The number of hydrogen-bond acceptors (Lipinski definition) is 7. The van der Waals surface area contributed by atoms with Crippen molar-refractivity contribution in [3.05, 3.63) is 0 Å². The summed E-state index contributed by atoms with van der Waals surface area (Å²) in [6, 6.07) is 0. The molecule has 4 amide bonds. The number of imide groups is 1. The first kappa shape index (κ1) is 27.7. The zero-order valence-electron chi connectivity index (χ0n) is 21.7. The fraction of sp³-hybridized carbons (Fsp3) is 0.833. The number of quaternary nitrogens is 1. The minimum absolute atomic E-state index is 0.0832. The standard InChI is InChI=1S/C24H41N5O5S/c1-6-28-11-9-17-18(14-28)35-23(20(17)22(32)27-24(33)34-8-3)26-21(31)16-10-12-29(5,7-2)19(13-16)25-15(4)30/h16-20,23H,6-14H2,1-5H3,(H2-,25,26,27,30,31,32,33)/p+1. The number of hydrogen-bond donors (Lipinski definition) is 3. The highest BCUT2D eigenvalue weighted by atomic mass is 32.2. The second kappa shape index (κ2) is 11.9. The molecule has 11 heteroatoms. The zero-order chi connectivity index (χ0) is 25.8. The number of carbonyl (C=O) groups is 4. The molecule has 0 saturated carbocycles. The average molecular weight is 513 g/mol. The largest absolute Gasteiger partial charge is 0.450 e. The van der Waals surface area contributed by atoms with Gasteiger partial charge in [-0.2, -0.15) is 0 Å². The Labute approximate surface area is 212 Å². The fourth-order valence-electron chi connectivity index (χ4n) is 5.72. The van der Waals surface area contributed by atoms with Crippen molar-refractivity contribution in [2.24, 2.45) is 17.8 Å². The second-order valence-corrected chi connectivity index (χ2v) is 11.5. The molecule has 3 aliphatic heterocycles. The van der Waals surface area contributed by atoms with Crippen molar-refractivity contribution < 1.29 is 28.4 Å². The summed E-state index contributed by atoms with van der Waals surface area (Å²) < 4.78 is 5.62. The number of thioether (sulfide) groups is 1. The number of rotatable bonds is 7. The van der Waals surface area contributed by atoms with E-state index < -0.39 is 17.4 Å². The van der Waals surface area contributed by atoms with E-state index in [0.717, 1.165) is 45.6 Å². The Morgan fingerprint density at radius 3 is 2.46 bits per heavy atom. The number of ether oxygens (including phenoxy) is 1. The number of carbonyl (C=O) groups excluding carboxylic acids is 4. The van der Waals surface area contributed by atoms with E-state index in [1.807, 2.05) is 0 Å². The van der Waals surface area contributed by atoms with E-state index in [4.69, 9.17) is 4.74 Å². The van der Waals surface area contributed by atoms with Gasteiger partial charge in [-0.3, -0.25) is 19.7 Å². The lowest BCUT2D eigenvalue weighted by Crippen LogP contribution is -2.64. The van der Waals surface area contributed by atoms with E-state index in [0.29, 0.717) is 10.9 Å². The van der Waals surface area contributed by atoms with Crippen LogP contribution in [0.4, 0.5) is 4.79 Å². The Morgan fingerprint density at radius 2 is 1.83 bits per heavy atom. The predicted octanol–water partition coefficient (Wildman–Crippen LogP) is 1.11. The van der Waals surface area contributed by atoms with Crippen LogP contribution in [-0.2, 0) is 19.1 Å². The number of likely N-dealkylation sites (tertiary alicyclic amines) is 2. The van der Waals surface area contributed by atoms with Crippen molar-refractivity contribution in [2.75, 3.05) is 46.4 Å². The smallest absolute Gasteiger partial charge is 0.413 e. The number of fused-ring (bicyclic) bond motifs is 1. The zero-order valence-corrected chi connectivity index (χ0v) is 22.5. The molecule has 0 spiro atoms. The maximum Gasteiger partial charge on any atom is 0.413 e. The van der Waals surface area contributed by atoms with Crippen LogP contribution in [-0.4, -0.2) is 96.4 Å². The maximum absolute atomic E-state index is 13.4. The van der Waals surface area contributed by atoms with E-state index >= 15 is 0 Å². The van der Waals surface area contributed by atoms with Gasteiger partial charge in [0.25, 0.3) is 0 Å². The number of nitrogens with zero attached hydrogens (tertiary/aromatic N) is 2. The lowest BCUT2D eigenvalue weighted by Gasteiger charge is -2.46. The molecule has 3 saturated heterocycles. The van der Waals surface area contributed by atoms with Gasteiger partial charge in [0.1, 0.15) is 0 Å². The summed E-state index contributed by atoms with van der Waals surface area (Å²) in [4.78, 5) is 52.7. The van der Waals surface area contributed by atoms with Crippen LogP contribution in [0, 0.1) is 17.8 Å². The molecule has 0 aromatic heterocycles. The molecule has 0 aromatic rings. The third kappa shape index (κ3) is 6.48. The summed E-state index contributed by atoms with van der Waals surface area (Å²) >= 11 is 1.64. The number of alkyl carbamates (subject to hydrolysis) is 1. The number of nitrogens with one attached hydrogen (secondary N) is 3. The van der Waals surface area contributed by atoms with Gasteiger partial charge in [0.05, 0.1) is 44.0 Å². The normalized spacial score (nSPS) is 35.0. The summed E-state index contributed by atoms with van der Waals surface area (Å²) in [6.45, 7) is 12.0. The van der Waals surface area contributed by atoms with Gasteiger partial charge in [-0.1, -0.05) is 6.92 Å². The lowest BCUT2D eigenvalue weighted by atomic mass is 9.83. The van der Waals surface area contributed by atoms with Crippen LogP contribution >= 0.6 is 11.8 Å². The molecule has 0 bridgehead atoms. The molecular formula is C24H42N5O5S+. The predicted molar refractivity (Wildman–Crippen MR) is 134 cm³/mol. The molecule has 35 heavy (non-hydrogen) atoms. The molecule has 3 N–H and O–H groups in total. The van der Waals surface area contributed by atoms with Crippen molar-refractivity contribution in [1.29, 1.82) is 0 Å². The third-order valence-electron chi connectivity index (χ3n) is 8.05. The number of piperidine rings is 2. The molecule has 3 rings (SSSR count). The van der Waals surface area contributed by atoms with Gasteiger partial charge in [-0.25, -0.2) is 4.79 Å². The molecule has 198 valence electrons. The van der Waals surface area contributed by atoms with Crippen molar-refractivity contribution in [1.82, 2.24) is 20.9 Å². The maximum atomic E-state index is 13.4. The topological polar surface area (TPSA) is 117 Å². The van der Waals surface area contributed by atoms with Gasteiger partial charge in [-0.05, 0) is 39.3 Å². The Morgan fingerprint density at radius 1 is 1.09 bits per heavy atom. The van der Waals surface area contributed by atoms with Crippen LogP contribution in [0.2, 0.25) is 0 Å². The van der Waals surface area contributed by atoms with E-state index in [-0.39, 0.29) is 47.6 Å². The monoisotopic (exact) mass is 512 g/mol. The highest BCUT2D eigenvalue weighted by Gasteiger charge is 2.51. The Balaban J connectivity index is 1.73. The molecule has 10 nitrogen and oxygen atoms in total. The van der Waals surface area contributed by atoms with E-state index in [1.54, 1.807) is 18.7 Å². The first-order valence-corrected chi connectivity index (χ1v) is 13.8. The first-order chi connectivity index (χ1) is 16.6. The summed E-state index contributed by atoms with van der Waals surface area (Å²) in [7, 11) is 2.11. The molecule has 3 aliphatic rings. The molecule has 7 atom stereocenters. The summed E-state index contributed by atoms with van der Waals surface area (Å²) in [6.07, 6.45) is 1.26. The van der Waals surface area contributed by atoms with Gasteiger partial charge < -0.3 is 24.8 Å². The van der Waals surface area contributed by atoms with Gasteiger partial charge >= 0.3 is 6.09 Å². The van der Waals surface area contributed by atoms with Crippen LogP contribution in [0.25, 0.3) is 0 Å². The molecular weight excluding hydrogens is 470 g/mol. The first-order valence-electron chi connectivity index (χ1n) is 12.9. The average Bonchev–Trinajstić information content (AvgIpc) is 3.17. The van der Waals surface area contributed by atoms with Crippen LogP contribution in [0.15, 0.2) is 0 Å². The highest BCUT2D eigenvalue weighted by molar-refractivity contribution is 8.00. The molecule has 0 aromatic carbocycles. The van der Waals surface area contributed by atoms with Crippen molar-refractivity contribution in [3.63, 3.8) is 0 Å². The quantitative estimate of drug-likeness (QED) is 0.438. The van der Waals surface area contributed by atoms with Crippen LogP contribution in [0.3, 0.4) is 0 Å². The molecule has 0 aliphatic carbocycles. The Hall–Kier alpha value is -1.85. The summed E-state index contributed by atoms with van der Waals surface area (Å²) in [5, 5.41) is 8.40.